The van der Waals surface area contributed by atoms with Crippen molar-refractivity contribution < 1.29 is 23.7 Å². The number of nitro groups is 1. The highest BCUT2D eigenvalue weighted by Gasteiger charge is 2.45. The zero-order valence-corrected chi connectivity index (χ0v) is 18.2. The summed E-state index contributed by atoms with van der Waals surface area (Å²) in [6.45, 7) is 1.78. The maximum atomic E-state index is 13.4. The normalized spacial score (nSPS) is 15.7. The number of anilines is 1. The van der Waals surface area contributed by atoms with Gasteiger partial charge in [-0.2, -0.15) is 0 Å². The van der Waals surface area contributed by atoms with Gasteiger partial charge in [0.2, 0.25) is 5.91 Å². The van der Waals surface area contributed by atoms with Gasteiger partial charge < -0.3 is 9.32 Å². The summed E-state index contributed by atoms with van der Waals surface area (Å²) in [5, 5.41) is 11.2. The molecule has 1 saturated heterocycles. The van der Waals surface area contributed by atoms with E-state index in [0.717, 1.165) is 16.5 Å². The minimum absolute atomic E-state index is 0.0355. The van der Waals surface area contributed by atoms with Crippen LogP contribution in [0.4, 0.5) is 11.4 Å². The molecule has 1 aliphatic rings. The molecule has 1 atom stereocenters. The molecule has 3 aromatic rings. The quantitative estimate of drug-likeness (QED) is 0.306. The van der Waals surface area contributed by atoms with Crippen molar-refractivity contribution in [2.45, 2.75) is 25.9 Å². The number of carbonyl (C=O) groups excluding carboxylic acids is 3. The minimum Gasteiger partial charge on any atom is -0.467 e. The van der Waals surface area contributed by atoms with Gasteiger partial charge in [-0.3, -0.25) is 24.5 Å². The van der Waals surface area contributed by atoms with Crippen LogP contribution in [0.5, 0.6) is 0 Å². The van der Waals surface area contributed by atoms with Crippen molar-refractivity contribution in [1.29, 1.82) is 0 Å². The molecule has 1 aliphatic heterocycles. The van der Waals surface area contributed by atoms with E-state index in [4.69, 9.17) is 16.0 Å². The average molecular weight is 468 g/mol. The fourth-order valence-corrected chi connectivity index (χ4v) is 3.86. The number of imide groups is 1. The van der Waals surface area contributed by atoms with Gasteiger partial charge >= 0.3 is 0 Å². The van der Waals surface area contributed by atoms with Crippen LogP contribution in [0.25, 0.3) is 0 Å². The fourth-order valence-electron chi connectivity index (χ4n) is 3.67. The van der Waals surface area contributed by atoms with Crippen LogP contribution in [0.2, 0.25) is 5.02 Å². The van der Waals surface area contributed by atoms with E-state index in [1.165, 1.54) is 23.3 Å². The molecule has 0 N–H and O–H groups in total. The second-order valence-electron chi connectivity index (χ2n) is 7.56. The van der Waals surface area contributed by atoms with Gasteiger partial charge in [0.25, 0.3) is 17.5 Å². The molecule has 0 spiro atoms. The van der Waals surface area contributed by atoms with Crippen LogP contribution in [0.1, 0.15) is 28.1 Å². The van der Waals surface area contributed by atoms with Crippen molar-refractivity contribution in [3.05, 3.63) is 92.9 Å². The highest BCUT2D eigenvalue weighted by molar-refractivity contribution is 6.32. The van der Waals surface area contributed by atoms with Crippen LogP contribution < -0.4 is 4.90 Å². The number of hydrogen-bond donors (Lipinski definition) is 0. The summed E-state index contributed by atoms with van der Waals surface area (Å²) in [5.41, 5.74) is 0.904. The van der Waals surface area contributed by atoms with Gasteiger partial charge in [0.1, 0.15) is 16.8 Å². The lowest BCUT2D eigenvalue weighted by Gasteiger charge is -2.27. The molecule has 1 aromatic heterocycles. The lowest BCUT2D eigenvalue weighted by atomic mass is 10.1. The Morgan fingerprint density at radius 3 is 2.58 bits per heavy atom. The van der Waals surface area contributed by atoms with Gasteiger partial charge in [0.15, 0.2) is 0 Å². The number of furan rings is 1. The lowest BCUT2D eigenvalue weighted by molar-refractivity contribution is -0.384. The summed E-state index contributed by atoms with van der Waals surface area (Å²) in [5.74, 6) is -1.29. The highest BCUT2D eigenvalue weighted by Crippen LogP contribution is 2.30. The third kappa shape index (κ3) is 4.35. The molecule has 168 valence electrons. The molecule has 1 fully saturated rings. The predicted molar refractivity (Wildman–Crippen MR) is 119 cm³/mol. The first kappa shape index (κ1) is 22.2. The Morgan fingerprint density at radius 1 is 1.21 bits per heavy atom. The molecule has 2 heterocycles. The average Bonchev–Trinajstić information content (AvgIpc) is 3.40. The molecule has 0 bridgehead atoms. The van der Waals surface area contributed by atoms with Gasteiger partial charge in [0, 0.05) is 11.6 Å². The summed E-state index contributed by atoms with van der Waals surface area (Å²) in [6, 6.07) is 12.7. The molecule has 0 aliphatic carbocycles. The van der Waals surface area contributed by atoms with E-state index in [1.54, 1.807) is 36.4 Å². The number of rotatable bonds is 6. The molecule has 0 saturated carbocycles. The van der Waals surface area contributed by atoms with E-state index >= 15 is 0 Å². The molecular weight excluding hydrogens is 450 g/mol. The zero-order chi connectivity index (χ0) is 23.7. The van der Waals surface area contributed by atoms with E-state index in [-0.39, 0.29) is 23.6 Å². The van der Waals surface area contributed by atoms with Crippen LogP contribution in [0.15, 0.2) is 65.3 Å². The Bertz CT molecular complexity index is 1240. The molecule has 4 rings (SSSR count). The number of nitro benzene ring substituents is 1. The summed E-state index contributed by atoms with van der Waals surface area (Å²) in [4.78, 5) is 52.3. The van der Waals surface area contributed by atoms with E-state index in [2.05, 4.69) is 0 Å². The molecule has 33 heavy (non-hydrogen) atoms. The zero-order valence-electron chi connectivity index (χ0n) is 17.4. The Morgan fingerprint density at radius 2 is 1.94 bits per heavy atom. The smallest absolute Gasteiger partial charge is 0.288 e. The van der Waals surface area contributed by atoms with Crippen LogP contribution in [-0.2, 0) is 16.1 Å². The summed E-state index contributed by atoms with van der Waals surface area (Å²) in [6.07, 6.45) is 1.19. The van der Waals surface area contributed by atoms with Gasteiger partial charge in [-0.1, -0.05) is 29.3 Å². The molecule has 1 unspecified atom stereocenters. The van der Waals surface area contributed by atoms with Crippen LogP contribution >= 0.6 is 11.6 Å². The van der Waals surface area contributed by atoms with Crippen molar-refractivity contribution >= 4 is 40.7 Å². The number of nitrogens with zero attached hydrogens (tertiary/aromatic N) is 3. The van der Waals surface area contributed by atoms with Gasteiger partial charge in [0.05, 0.1) is 29.8 Å². The van der Waals surface area contributed by atoms with E-state index in [0.29, 0.717) is 11.4 Å². The first-order valence-corrected chi connectivity index (χ1v) is 10.3. The predicted octanol–water partition coefficient (Wildman–Crippen LogP) is 4.12. The van der Waals surface area contributed by atoms with Crippen molar-refractivity contribution in [2.75, 3.05) is 4.90 Å². The fraction of sp³-hybridized carbons (Fsp3) is 0.174. The third-order valence-electron chi connectivity index (χ3n) is 5.35. The standard InChI is InChI=1S/C23H18ClN3O6/c1-14-4-7-16(8-5-14)26-21(28)12-20(23(26)30)25(13-17-3-2-10-33-17)22(29)15-6-9-18(24)19(11-15)27(31)32/h2-11,20H,12-13H2,1H3. The van der Waals surface area contributed by atoms with Gasteiger partial charge in [-0.25, -0.2) is 4.90 Å². The van der Waals surface area contributed by atoms with E-state index in [1.807, 2.05) is 6.92 Å². The second-order valence-corrected chi connectivity index (χ2v) is 7.97. The molecular formula is C23H18ClN3O6. The number of aryl methyl sites for hydroxylation is 1. The molecule has 3 amide bonds. The van der Waals surface area contributed by atoms with Gasteiger partial charge in [-0.15, -0.1) is 0 Å². The lowest BCUT2D eigenvalue weighted by Crippen LogP contribution is -2.45. The van der Waals surface area contributed by atoms with Crippen LogP contribution in [0, 0.1) is 17.0 Å². The number of amides is 3. The van der Waals surface area contributed by atoms with Crippen molar-refractivity contribution in [2.24, 2.45) is 0 Å². The topological polar surface area (TPSA) is 114 Å². The number of benzene rings is 2. The number of carbonyl (C=O) groups is 3. The first-order chi connectivity index (χ1) is 15.8. The molecule has 2 aromatic carbocycles. The van der Waals surface area contributed by atoms with E-state index < -0.39 is 34.4 Å². The molecule has 10 heteroatoms. The SMILES string of the molecule is Cc1ccc(N2C(=O)CC(N(Cc3ccco3)C(=O)c3ccc(Cl)c([N+](=O)[O-])c3)C2=O)cc1. The summed E-state index contributed by atoms with van der Waals surface area (Å²) in [7, 11) is 0. The Kier molecular flexibility index (Phi) is 5.97. The number of halogens is 1. The Hall–Kier alpha value is -3.98. The molecule has 0 radical (unpaired) electrons. The van der Waals surface area contributed by atoms with Crippen molar-refractivity contribution in [3.63, 3.8) is 0 Å². The number of hydrogen-bond acceptors (Lipinski definition) is 6. The Labute approximate surface area is 193 Å². The maximum Gasteiger partial charge on any atom is 0.288 e. The van der Waals surface area contributed by atoms with Crippen molar-refractivity contribution in [3.8, 4) is 0 Å². The first-order valence-electron chi connectivity index (χ1n) is 9.97. The summed E-state index contributed by atoms with van der Waals surface area (Å²) < 4.78 is 5.34. The monoisotopic (exact) mass is 467 g/mol. The largest absolute Gasteiger partial charge is 0.467 e. The summed E-state index contributed by atoms with van der Waals surface area (Å²) >= 11 is 5.87. The van der Waals surface area contributed by atoms with E-state index in [9.17, 15) is 24.5 Å². The second kappa shape index (κ2) is 8.87. The van der Waals surface area contributed by atoms with Crippen LogP contribution in [-0.4, -0.2) is 33.6 Å². The third-order valence-corrected chi connectivity index (χ3v) is 5.67. The van der Waals surface area contributed by atoms with Gasteiger partial charge in [-0.05, 0) is 43.3 Å². The Balaban J connectivity index is 1.70. The van der Waals surface area contributed by atoms with Crippen LogP contribution in [0.3, 0.4) is 0 Å². The minimum atomic E-state index is -1.11. The molecule has 9 nitrogen and oxygen atoms in total. The highest BCUT2D eigenvalue weighted by atomic mass is 35.5. The maximum absolute atomic E-state index is 13.4. The van der Waals surface area contributed by atoms with Crippen molar-refractivity contribution in [1.82, 2.24) is 4.90 Å².